The lowest BCUT2D eigenvalue weighted by Crippen LogP contribution is -2.41. The van der Waals surface area contributed by atoms with Crippen LogP contribution in [0, 0.1) is 11.3 Å². The van der Waals surface area contributed by atoms with Gasteiger partial charge in [-0.25, -0.2) is 8.42 Å². The van der Waals surface area contributed by atoms with Gasteiger partial charge in [0.1, 0.15) is 6.04 Å². The average molecular weight is 234 g/mol. The van der Waals surface area contributed by atoms with Crippen molar-refractivity contribution in [1.29, 1.82) is 5.26 Å². The van der Waals surface area contributed by atoms with E-state index in [4.69, 9.17) is 10.4 Å². The third-order valence-corrected chi connectivity index (χ3v) is 3.74. The third kappa shape index (κ3) is 2.44. The molecular formula is C7H10N2O5S. The van der Waals surface area contributed by atoms with Crippen molar-refractivity contribution in [3.05, 3.63) is 0 Å². The number of nitriles is 1. The fraction of sp³-hybridized carbons (Fsp3) is 0.714. The third-order valence-electron chi connectivity index (χ3n) is 2.12. The molecule has 2 unspecified atom stereocenters. The number of aliphatic carboxylic acids is 1. The van der Waals surface area contributed by atoms with Crippen molar-refractivity contribution in [2.45, 2.75) is 18.6 Å². The van der Waals surface area contributed by atoms with Crippen molar-refractivity contribution < 1.29 is 23.4 Å². The van der Waals surface area contributed by atoms with E-state index in [0.717, 1.165) is 0 Å². The van der Waals surface area contributed by atoms with Gasteiger partial charge in [-0.05, 0) is 0 Å². The van der Waals surface area contributed by atoms with E-state index < -0.39 is 33.9 Å². The molecule has 7 nitrogen and oxygen atoms in total. The predicted molar refractivity (Wildman–Crippen MR) is 48.2 cm³/mol. The Balaban J connectivity index is 2.95. The van der Waals surface area contributed by atoms with Crippen LogP contribution < -0.4 is 0 Å². The molecule has 1 rings (SSSR count). The van der Waals surface area contributed by atoms with Crippen LogP contribution in [0.25, 0.3) is 0 Å². The van der Waals surface area contributed by atoms with Crippen LogP contribution in [0.1, 0.15) is 6.42 Å². The van der Waals surface area contributed by atoms with Gasteiger partial charge in [-0.1, -0.05) is 0 Å². The van der Waals surface area contributed by atoms with Gasteiger partial charge in [0, 0.05) is 13.0 Å². The van der Waals surface area contributed by atoms with Crippen LogP contribution in [-0.4, -0.2) is 53.3 Å². The molecule has 0 aromatic heterocycles. The number of carboxylic acid groups (broad SMARTS) is 1. The number of carbonyl (C=O) groups is 1. The van der Waals surface area contributed by atoms with E-state index in [2.05, 4.69) is 0 Å². The Kier molecular flexibility index (Phi) is 3.28. The van der Waals surface area contributed by atoms with Gasteiger partial charge in [-0.15, -0.1) is 0 Å². The molecule has 0 aliphatic carbocycles. The largest absolute Gasteiger partial charge is 0.480 e. The number of nitrogens with zero attached hydrogens (tertiary/aromatic N) is 2. The monoisotopic (exact) mass is 234 g/mol. The summed E-state index contributed by atoms with van der Waals surface area (Å²) in [6.45, 7) is -0.263. The lowest BCUT2D eigenvalue weighted by Gasteiger charge is -2.18. The maximum atomic E-state index is 11.4. The zero-order chi connectivity index (χ0) is 11.6. The number of β-amino-alcohol motifs (C(OH)–C–C–N with tert-alkyl or cyclic N) is 1. The van der Waals surface area contributed by atoms with Gasteiger partial charge in [0.2, 0.25) is 10.0 Å². The molecule has 84 valence electrons. The number of carboxylic acids is 1. The van der Waals surface area contributed by atoms with Crippen molar-refractivity contribution >= 4 is 16.0 Å². The van der Waals surface area contributed by atoms with Gasteiger partial charge >= 0.3 is 5.97 Å². The van der Waals surface area contributed by atoms with Crippen LogP contribution in [0.3, 0.4) is 0 Å². The number of aliphatic hydroxyl groups excluding tert-OH is 1. The van der Waals surface area contributed by atoms with Crippen LogP contribution in [0.15, 0.2) is 0 Å². The Morgan fingerprint density at radius 1 is 1.60 bits per heavy atom. The van der Waals surface area contributed by atoms with E-state index in [-0.39, 0.29) is 13.0 Å². The topological polar surface area (TPSA) is 119 Å². The molecule has 1 saturated heterocycles. The molecule has 0 radical (unpaired) electrons. The van der Waals surface area contributed by atoms with Gasteiger partial charge in [0.05, 0.1) is 12.2 Å². The number of aliphatic hydroxyl groups is 1. The van der Waals surface area contributed by atoms with E-state index in [1.807, 2.05) is 0 Å². The van der Waals surface area contributed by atoms with E-state index in [1.165, 1.54) is 6.07 Å². The molecule has 1 aliphatic heterocycles. The SMILES string of the molecule is N#CCS(=O)(=O)N1CC(O)CC1C(=O)O. The Labute approximate surface area is 86.6 Å². The Bertz CT molecular complexity index is 398. The number of hydrogen-bond acceptors (Lipinski definition) is 5. The molecule has 8 heteroatoms. The standard InChI is InChI=1S/C7H10N2O5S/c8-1-2-15(13,14)9-4-5(10)3-6(9)7(11)12/h5-6,10H,2-4H2,(H,11,12). The Morgan fingerprint density at radius 3 is 2.67 bits per heavy atom. The fourth-order valence-corrected chi connectivity index (χ4v) is 2.77. The molecule has 2 N–H and O–H groups in total. The first-order valence-electron chi connectivity index (χ1n) is 4.16. The molecule has 2 atom stereocenters. The first kappa shape index (κ1) is 11.9. The van der Waals surface area contributed by atoms with E-state index in [1.54, 1.807) is 0 Å². The van der Waals surface area contributed by atoms with Crippen molar-refractivity contribution in [1.82, 2.24) is 4.31 Å². The minimum Gasteiger partial charge on any atom is -0.480 e. The molecule has 0 saturated carbocycles. The normalized spacial score (nSPS) is 27.5. The van der Waals surface area contributed by atoms with Crippen LogP contribution >= 0.6 is 0 Å². The second-order valence-corrected chi connectivity index (χ2v) is 5.15. The highest BCUT2D eigenvalue weighted by molar-refractivity contribution is 7.89. The fourth-order valence-electron chi connectivity index (χ4n) is 1.48. The Morgan fingerprint density at radius 2 is 2.20 bits per heavy atom. The quantitative estimate of drug-likeness (QED) is 0.604. The van der Waals surface area contributed by atoms with E-state index >= 15 is 0 Å². The molecular weight excluding hydrogens is 224 g/mol. The molecule has 1 heterocycles. The second kappa shape index (κ2) is 4.14. The minimum atomic E-state index is -3.91. The summed E-state index contributed by atoms with van der Waals surface area (Å²) < 4.78 is 23.5. The summed E-state index contributed by atoms with van der Waals surface area (Å²) in [5.41, 5.74) is 0. The smallest absolute Gasteiger partial charge is 0.322 e. The predicted octanol–water partition coefficient (Wildman–Crippen LogP) is -1.64. The highest BCUT2D eigenvalue weighted by Gasteiger charge is 2.42. The lowest BCUT2D eigenvalue weighted by atomic mass is 10.2. The highest BCUT2D eigenvalue weighted by atomic mass is 32.2. The highest BCUT2D eigenvalue weighted by Crippen LogP contribution is 2.21. The van der Waals surface area contributed by atoms with Crippen molar-refractivity contribution in [3.8, 4) is 6.07 Å². The summed E-state index contributed by atoms with van der Waals surface area (Å²) in [4.78, 5) is 10.7. The van der Waals surface area contributed by atoms with Crippen molar-refractivity contribution in [3.63, 3.8) is 0 Å². The number of rotatable bonds is 3. The van der Waals surface area contributed by atoms with Gasteiger partial charge < -0.3 is 10.2 Å². The summed E-state index contributed by atoms with van der Waals surface area (Å²) >= 11 is 0. The molecule has 0 bridgehead atoms. The van der Waals surface area contributed by atoms with E-state index in [9.17, 15) is 18.3 Å². The lowest BCUT2D eigenvalue weighted by molar-refractivity contribution is -0.140. The van der Waals surface area contributed by atoms with Crippen LogP contribution in [0.5, 0.6) is 0 Å². The summed E-state index contributed by atoms with van der Waals surface area (Å²) in [6.07, 6.45) is -1.13. The van der Waals surface area contributed by atoms with E-state index in [0.29, 0.717) is 4.31 Å². The maximum absolute atomic E-state index is 11.4. The second-order valence-electron chi connectivity index (χ2n) is 3.23. The number of sulfonamides is 1. The van der Waals surface area contributed by atoms with Crippen LogP contribution in [0.4, 0.5) is 0 Å². The first-order chi connectivity index (χ1) is 6.88. The number of hydrogen-bond donors (Lipinski definition) is 2. The molecule has 15 heavy (non-hydrogen) atoms. The zero-order valence-corrected chi connectivity index (χ0v) is 8.51. The molecule has 0 spiro atoms. The average Bonchev–Trinajstić information content (AvgIpc) is 2.47. The zero-order valence-electron chi connectivity index (χ0n) is 7.70. The van der Waals surface area contributed by atoms with Gasteiger partial charge in [0.15, 0.2) is 5.75 Å². The summed E-state index contributed by atoms with van der Waals surface area (Å²) in [5.74, 6) is -2.09. The molecule has 1 aliphatic rings. The van der Waals surface area contributed by atoms with Crippen LogP contribution in [0.2, 0.25) is 0 Å². The molecule has 0 aromatic rings. The van der Waals surface area contributed by atoms with Gasteiger partial charge in [-0.3, -0.25) is 4.79 Å². The maximum Gasteiger partial charge on any atom is 0.322 e. The summed E-state index contributed by atoms with van der Waals surface area (Å²) in [6, 6.07) is 0.190. The summed E-state index contributed by atoms with van der Waals surface area (Å²) in [7, 11) is -3.91. The van der Waals surface area contributed by atoms with Crippen molar-refractivity contribution in [2.75, 3.05) is 12.3 Å². The first-order valence-corrected chi connectivity index (χ1v) is 5.76. The molecule has 0 aromatic carbocycles. The summed E-state index contributed by atoms with van der Waals surface area (Å²) in [5, 5.41) is 26.2. The molecule has 0 amide bonds. The Hall–Kier alpha value is -1.17. The van der Waals surface area contributed by atoms with Crippen LogP contribution in [-0.2, 0) is 14.8 Å². The van der Waals surface area contributed by atoms with Gasteiger partial charge in [0.25, 0.3) is 0 Å². The van der Waals surface area contributed by atoms with Gasteiger partial charge in [-0.2, -0.15) is 9.57 Å². The minimum absolute atomic E-state index is 0.139. The van der Waals surface area contributed by atoms with Crippen molar-refractivity contribution in [2.24, 2.45) is 0 Å². The molecule has 1 fully saturated rings.